The van der Waals surface area contributed by atoms with E-state index in [0.717, 1.165) is 19.4 Å². The van der Waals surface area contributed by atoms with E-state index in [-0.39, 0.29) is 11.9 Å². The van der Waals surface area contributed by atoms with Crippen LogP contribution in [-0.2, 0) is 4.79 Å². The Morgan fingerprint density at radius 2 is 2.45 bits per heavy atom. The summed E-state index contributed by atoms with van der Waals surface area (Å²) in [7, 11) is 0. The fourth-order valence-corrected chi connectivity index (χ4v) is 1.52. The first-order valence-corrected chi connectivity index (χ1v) is 3.85. The number of rotatable bonds is 3. The molecular formula is C7H13FN2O. The zero-order chi connectivity index (χ0) is 8.27. The molecule has 1 rings (SSSR count). The van der Waals surface area contributed by atoms with E-state index in [9.17, 15) is 9.18 Å². The van der Waals surface area contributed by atoms with Crippen LogP contribution in [0, 0.1) is 0 Å². The maximum atomic E-state index is 11.9. The van der Waals surface area contributed by atoms with Crippen molar-refractivity contribution in [3.05, 3.63) is 0 Å². The molecule has 1 heterocycles. The third-order valence-corrected chi connectivity index (χ3v) is 2.06. The quantitative estimate of drug-likeness (QED) is 0.627. The Morgan fingerprint density at radius 3 is 3.00 bits per heavy atom. The largest absolute Gasteiger partial charge is 0.368 e. The van der Waals surface area contributed by atoms with Crippen LogP contribution >= 0.6 is 0 Å². The van der Waals surface area contributed by atoms with Gasteiger partial charge in [-0.1, -0.05) is 0 Å². The summed E-state index contributed by atoms with van der Waals surface area (Å²) < 4.78 is 11.9. The summed E-state index contributed by atoms with van der Waals surface area (Å²) in [6.07, 6.45) is 1.74. The summed E-state index contributed by atoms with van der Waals surface area (Å²) in [6.45, 7) is 0.745. The van der Waals surface area contributed by atoms with Crippen LogP contribution in [0.2, 0.25) is 0 Å². The average molecular weight is 160 g/mol. The highest BCUT2D eigenvalue weighted by molar-refractivity contribution is 5.80. The van der Waals surface area contributed by atoms with Gasteiger partial charge in [0.15, 0.2) is 0 Å². The Morgan fingerprint density at radius 1 is 1.73 bits per heavy atom. The van der Waals surface area contributed by atoms with Crippen molar-refractivity contribution in [1.29, 1.82) is 0 Å². The first-order chi connectivity index (χ1) is 5.25. The van der Waals surface area contributed by atoms with E-state index in [0.29, 0.717) is 6.54 Å². The molecule has 4 heteroatoms. The van der Waals surface area contributed by atoms with Crippen molar-refractivity contribution in [2.75, 3.05) is 19.8 Å². The highest BCUT2D eigenvalue weighted by atomic mass is 19.1. The molecule has 1 aliphatic rings. The summed E-state index contributed by atoms with van der Waals surface area (Å²) in [5.74, 6) is -0.323. The van der Waals surface area contributed by atoms with Gasteiger partial charge in [-0.25, -0.2) is 4.39 Å². The summed E-state index contributed by atoms with van der Waals surface area (Å²) in [5, 5.41) is 0. The van der Waals surface area contributed by atoms with Crippen LogP contribution in [0.25, 0.3) is 0 Å². The fourth-order valence-electron chi connectivity index (χ4n) is 1.52. The lowest BCUT2D eigenvalue weighted by atomic mass is 10.2. The van der Waals surface area contributed by atoms with Gasteiger partial charge in [0.2, 0.25) is 5.91 Å². The number of alkyl halides is 1. The molecule has 0 radical (unpaired) electrons. The second kappa shape index (κ2) is 3.67. The van der Waals surface area contributed by atoms with Gasteiger partial charge < -0.3 is 5.73 Å². The molecule has 64 valence electrons. The SMILES string of the molecule is NC(=O)[C@@H]1CCCN1CCF. The molecule has 1 atom stereocenters. The van der Waals surface area contributed by atoms with E-state index < -0.39 is 6.67 Å². The molecule has 1 saturated heterocycles. The molecule has 1 aliphatic heterocycles. The molecule has 0 aliphatic carbocycles. The number of nitrogens with two attached hydrogens (primary N) is 1. The molecule has 0 spiro atoms. The standard InChI is InChI=1S/C7H13FN2O/c8-3-5-10-4-1-2-6(10)7(9)11/h6H,1-5H2,(H2,9,11)/t6-/m0/s1. The van der Waals surface area contributed by atoms with Gasteiger partial charge in [0.25, 0.3) is 0 Å². The lowest BCUT2D eigenvalue weighted by Crippen LogP contribution is -2.41. The number of halogens is 1. The van der Waals surface area contributed by atoms with Crippen molar-refractivity contribution in [2.24, 2.45) is 5.73 Å². The Bertz CT molecular complexity index is 151. The second-order valence-corrected chi connectivity index (χ2v) is 2.79. The van der Waals surface area contributed by atoms with E-state index in [1.807, 2.05) is 4.90 Å². The van der Waals surface area contributed by atoms with Crippen molar-refractivity contribution in [1.82, 2.24) is 4.90 Å². The van der Waals surface area contributed by atoms with E-state index in [1.165, 1.54) is 0 Å². The number of nitrogens with zero attached hydrogens (tertiary/aromatic N) is 1. The molecule has 1 amide bonds. The summed E-state index contributed by atoms with van der Waals surface area (Å²) >= 11 is 0. The van der Waals surface area contributed by atoms with Crippen molar-refractivity contribution < 1.29 is 9.18 Å². The van der Waals surface area contributed by atoms with Gasteiger partial charge in [-0.15, -0.1) is 0 Å². The number of hydrogen-bond acceptors (Lipinski definition) is 2. The molecule has 0 aromatic heterocycles. The van der Waals surface area contributed by atoms with Gasteiger partial charge in [-0.3, -0.25) is 9.69 Å². The Labute approximate surface area is 65.3 Å². The predicted octanol–water partition coefficient (Wildman–Crippen LogP) is -0.0944. The zero-order valence-corrected chi connectivity index (χ0v) is 6.42. The lowest BCUT2D eigenvalue weighted by Gasteiger charge is -2.19. The minimum Gasteiger partial charge on any atom is -0.368 e. The topological polar surface area (TPSA) is 46.3 Å². The third-order valence-electron chi connectivity index (χ3n) is 2.06. The normalized spacial score (nSPS) is 25.7. The molecule has 0 aromatic rings. The van der Waals surface area contributed by atoms with Crippen LogP contribution in [-0.4, -0.2) is 36.6 Å². The minimum absolute atomic E-state index is 0.217. The van der Waals surface area contributed by atoms with Crippen LogP contribution in [0.15, 0.2) is 0 Å². The molecule has 0 saturated carbocycles. The number of amides is 1. The Balaban J connectivity index is 2.44. The van der Waals surface area contributed by atoms with Crippen LogP contribution < -0.4 is 5.73 Å². The highest BCUT2D eigenvalue weighted by Crippen LogP contribution is 2.15. The first kappa shape index (κ1) is 8.46. The number of carbonyl (C=O) groups excluding carboxylic acids is 1. The van der Waals surface area contributed by atoms with E-state index >= 15 is 0 Å². The molecule has 3 nitrogen and oxygen atoms in total. The average Bonchev–Trinajstić information content (AvgIpc) is 2.36. The van der Waals surface area contributed by atoms with Crippen molar-refractivity contribution >= 4 is 5.91 Å². The maximum Gasteiger partial charge on any atom is 0.234 e. The molecule has 0 unspecified atom stereocenters. The minimum atomic E-state index is -0.399. The van der Waals surface area contributed by atoms with Crippen molar-refractivity contribution in [2.45, 2.75) is 18.9 Å². The Hall–Kier alpha value is -0.640. The second-order valence-electron chi connectivity index (χ2n) is 2.79. The van der Waals surface area contributed by atoms with Crippen molar-refractivity contribution in [3.63, 3.8) is 0 Å². The van der Waals surface area contributed by atoms with Crippen LogP contribution in [0.5, 0.6) is 0 Å². The van der Waals surface area contributed by atoms with E-state index in [4.69, 9.17) is 5.73 Å². The van der Waals surface area contributed by atoms with E-state index in [2.05, 4.69) is 0 Å². The smallest absolute Gasteiger partial charge is 0.234 e. The third kappa shape index (κ3) is 1.89. The van der Waals surface area contributed by atoms with Gasteiger partial charge in [-0.05, 0) is 19.4 Å². The van der Waals surface area contributed by atoms with Gasteiger partial charge in [0.1, 0.15) is 6.67 Å². The number of hydrogen-bond donors (Lipinski definition) is 1. The maximum absolute atomic E-state index is 11.9. The van der Waals surface area contributed by atoms with Gasteiger partial charge in [-0.2, -0.15) is 0 Å². The number of carbonyl (C=O) groups is 1. The monoisotopic (exact) mass is 160 g/mol. The number of primary amides is 1. The van der Waals surface area contributed by atoms with Gasteiger partial charge in [0.05, 0.1) is 6.04 Å². The molecule has 1 fully saturated rings. The van der Waals surface area contributed by atoms with E-state index in [1.54, 1.807) is 0 Å². The molecule has 11 heavy (non-hydrogen) atoms. The summed E-state index contributed by atoms with van der Waals surface area (Å²) in [4.78, 5) is 12.6. The Kier molecular flexibility index (Phi) is 2.82. The van der Waals surface area contributed by atoms with Crippen molar-refractivity contribution in [3.8, 4) is 0 Å². The summed E-state index contributed by atoms with van der Waals surface area (Å²) in [6, 6.07) is -0.217. The lowest BCUT2D eigenvalue weighted by molar-refractivity contribution is -0.122. The molecule has 0 bridgehead atoms. The predicted molar refractivity (Wildman–Crippen MR) is 39.8 cm³/mol. The summed E-state index contributed by atoms with van der Waals surface area (Å²) in [5.41, 5.74) is 5.12. The fraction of sp³-hybridized carbons (Fsp3) is 0.857. The van der Waals surface area contributed by atoms with Crippen LogP contribution in [0.4, 0.5) is 4.39 Å². The van der Waals surface area contributed by atoms with Crippen LogP contribution in [0.3, 0.4) is 0 Å². The zero-order valence-electron chi connectivity index (χ0n) is 6.42. The molecule has 2 N–H and O–H groups in total. The molecule has 0 aromatic carbocycles. The highest BCUT2D eigenvalue weighted by Gasteiger charge is 2.27. The number of likely N-dealkylation sites (tertiary alicyclic amines) is 1. The molecular weight excluding hydrogens is 147 g/mol. The first-order valence-electron chi connectivity index (χ1n) is 3.85. The van der Waals surface area contributed by atoms with Gasteiger partial charge >= 0.3 is 0 Å². The van der Waals surface area contributed by atoms with Crippen LogP contribution in [0.1, 0.15) is 12.8 Å². The van der Waals surface area contributed by atoms with Gasteiger partial charge in [0, 0.05) is 6.54 Å².